The average Bonchev–Trinajstić information content (AvgIpc) is 2.86. The van der Waals surface area contributed by atoms with Gasteiger partial charge in [-0.05, 0) is 31.5 Å². The van der Waals surface area contributed by atoms with Gasteiger partial charge >= 0.3 is 0 Å². The van der Waals surface area contributed by atoms with Crippen LogP contribution in [0.5, 0.6) is 5.88 Å². The van der Waals surface area contributed by atoms with E-state index in [1.165, 1.54) is 5.56 Å². The molecular weight excluding hydrogens is 272 g/mol. The van der Waals surface area contributed by atoms with Gasteiger partial charge in [0, 0.05) is 17.7 Å². The van der Waals surface area contributed by atoms with E-state index in [0.29, 0.717) is 6.61 Å². The van der Waals surface area contributed by atoms with E-state index in [4.69, 9.17) is 4.74 Å². The summed E-state index contributed by atoms with van der Waals surface area (Å²) >= 11 is 0. The second-order valence-corrected chi connectivity index (χ2v) is 5.21. The number of aromatic nitrogens is 2. The summed E-state index contributed by atoms with van der Waals surface area (Å²) in [6.07, 6.45) is 0.828. The molecule has 3 aromatic rings. The maximum absolute atomic E-state index is 5.76. The van der Waals surface area contributed by atoms with Gasteiger partial charge in [-0.3, -0.25) is 0 Å². The summed E-state index contributed by atoms with van der Waals surface area (Å²) in [5.74, 6) is 0.729. The molecule has 3 nitrogen and oxygen atoms in total. The van der Waals surface area contributed by atoms with Crippen molar-refractivity contribution in [2.24, 2.45) is 0 Å². The van der Waals surface area contributed by atoms with Crippen LogP contribution >= 0.6 is 0 Å². The van der Waals surface area contributed by atoms with E-state index in [9.17, 15) is 0 Å². The van der Waals surface area contributed by atoms with Crippen LogP contribution in [0.15, 0.2) is 60.7 Å². The van der Waals surface area contributed by atoms with Gasteiger partial charge in [-0.25, -0.2) is 4.68 Å². The first-order valence-electron chi connectivity index (χ1n) is 7.60. The molecule has 1 aromatic heterocycles. The summed E-state index contributed by atoms with van der Waals surface area (Å²) in [5.41, 5.74) is 4.59. The topological polar surface area (TPSA) is 27.1 Å². The summed E-state index contributed by atoms with van der Waals surface area (Å²) in [7, 11) is 0. The van der Waals surface area contributed by atoms with E-state index in [1.54, 1.807) is 0 Å². The molecule has 1 heterocycles. The third kappa shape index (κ3) is 2.89. The van der Waals surface area contributed by atoms with E-state index in [0.717, 1.165) is 29.2 Å². The zero-order valence-corrected chi connectivity index (χ0v) is 13.0. The molecule has 0 bridgehead atoms. The maximum Gasteiger partial charge on any atom is 0.237 e. The molecule has 22 heavy (non-hydrogen) atoms. The van der Waals surface area contributed by atoms with Crippen molar-refractivity contribution >= 4 is 0 Å². The van der Waals surface area contributed by atoms with E-state index in [-0.39, 0.29) is 0 Å². The minimum Gasteiger partial charge on any atom is -0.477 e. The first kappa shape index (κ1) is 14.4. The lowest BCUT2D eigenvalue weighted by molar-refractivity contribution is 0.321. The lowest BCUT2D eigenvalue weighted by atomic mass is 10.1. The summed E-state index contributed by atoms with van der Waals surface area (Å²) in [6, 6.07) is 20.6. The minimum absolute atomic E-state index is 0.618. The highest BCUT2D eigenvalue weighted by molar-refractivity contribution is 5.42. The first-order valence-corrected chi connectivity index (χ1v) is 7.60. The predicted octanol–water partition coefficient (Wildman–Crippen LogP) is 4.17. The maximum atomic E-state index is 5.76. The van der Waals surface area contributed by atoms with Crippen molar-refractivity contribution in [3.05, 3.63) is 77.5 Å². The Kier molecular flexibility index (Phi) is 4.24. The second kappa shape index (κ2) is 6.48. The number of benzene rings is 2. The molecule has 0 aliphatic heterocycles. The smallest absolute Gasteiger partial charge is 0.237 e. The Morgan fingerprint density at radius 3 is 2.23 bits per heavy atom. The number of hydrogen-bond acceptors (Lipinski definition) is 2. The number of nitrogens with zero attached hydrogens (tertiary/aromatic N) is 2. The summed E-state index contributed by atoms with van der Waals surface area (Å²) in [5, 5.41) is 4.66. The molecule has 0 atom stereocenters. The minimum atomic E-state index is 0.618. The second-order valence-electron chi connectivity index (χ2n) is 5.21. The molecule has 3 heteroatoms. The monoisotopic (exact) mass is 292 g/mol. The van der Waals surface area contributed by atoms with Crippen LogP contribution in [0.1, 0.15) is 23.7 Å². The lowest BCUT2D eigenvalue weighted by Crippen LogP contribution is -1.99. The van der Waals surface area contributed by atoms with Crippen molar-refractivity contribution < 1.29 is 4.74 Å². The fourth-order valence-electron chi connectivity index (χ4n) is 2.59. The molecule has 0 amide bonds. The fourth-order valence-corrected chi connectivity index (χ4v) is 2.59. The Morgan fingerprint density at radius 2 is 1.59 bits per heavy atom. The highest BCUT2D eigenvalue weighted by atomic mass is 16.5. The molecule has 0 saturated carbocycles. The van der Waals surface area contributed by atoms with Gasteiger partial charge < -0.3 is 4.74 Å². The van der Waals surface area contributed by atoms with Crippen LogP contribution in [-0.2, 0) is 6.42 Å². The van der Waals surface area contributed by atoms with Crippen molar-refractivity contribution in [1.29, 1.82) is 0 Å². The van der Waals surface area contributed by atoms with Crippen LogP contribution in [0.2, 0.25) is 0 Å². The molecule has 0 fully saturated rings. The zero-order valence-electron chi connectivity index (χ0n) is 13.0. The van der Waals surface area contributed by atoms with Gasteiger partial charge in [0.1, 0.15) is 0 Å². The third-order valence-electron chi connectivity index (χ3n) is 3.71. The number of hydrogen-bond donors (Lipinski definition) is 0. The Balaban J connectivity index is 2.03. The zero-order chi connectivity index (χ0) is 15.4. The van der Waals surface area contributed by atoms with E-state index >= 15 is 0 Å². The first-order chi connectivity index (χ1) is 10.8. The van der Waals surface area contributed by atoms with Crippen LogP contribution in [0.4, 0.5) is 0 Å². The highest BCUT2D eigenvalue weighted by Crippen LogP contribution is 2.26. The molecule has 0 spiro atoms. The van der Waals surface area contributed by atoms with Gasteiger partial charge in [-0.2, -0.15) is 0 Å². The predicted molar refractivity (Wildman–Crippen MR) is 88.7 cm³/mol. The van der Waals surface area contributed by atoms with Crippen molar-refractivity contribution in [2.75, 3.05) is 6.61 Å². The summed E-state index contributed by atoms with van der Waals surface area (Å²) in [6.45, 7) is 4.71. The molecule has 0 N–H and O–H groups in total. The van der Waals surface area contributed by atoms with Crippen molar-refractivity contribution in [3.8, 4) is 11.6 Å². The normalized spacial score (nSPS) is 10.6. The molecule has 0 aliphatic carbocycles. The van der Waals surface area contributed by atoms with Crippen LogP contribution < -0.4 is 4.74 Å². The Bertz CT molecular complexity index is 733. The number of ether oxygens (including phenoxy) is 1. The fraction of sp³-hybridized carbons (Fsp3) is 0.211. The van der Waals surface area contributed by atoms with Gasteiger partial charge in [-0.1, -0.05) is 48.5 Å². The Morgan fingerprint density at radius 1 is 0.955 bits per heavy atom. The summed E-state index contributed by atoms with van der Waals surface area (Å²) < 4.78 is 7.72. The Hall–Kier alpha value is -2.55. The van der Waals surface area contributed by atoms with Gasteiger partial charge in [-0.15, -0.1) is 5.10 Å². The van der Waals surface area contributed by atoms with Crippen molar-refractivity contribution in [1.82, 2.24) is 9.78 Å². The van der Waals surface area contributed by atoms with Crippen LogP contribution in [0, 0.1) is 6.92 Å². The van der Waals surface area contributed by atoms with E-state index in [2.05, 4.69) is 48.4 Å². The summed E-state index contributed by atoms with van der Waals surface area (Å²) in [4.78, 5) is 0. The molecule has 0 radical (unpaired) electrons. The van der Waals surface area contributed by atoms with E-state index in [1.807, 2.05) is 35.9 Å². The largest absolute Gasteiger partial charge is 0.477 e. The van der Waals surface area contributed by atoms with Gasteiger partial charge in [0.15, 0.2) is 0 Å². The quantitative estimate of drug-likeness (QED) is 0.705. The van der Waals surface area contributed by atoms with Crippen molar-refractivity contribution in [3.63, 3.8) is 0 Å². The van der Waals surface area contributed by atoms with E-state index < -0.39 is 0 Å². The Labute approximate surface area is 131 Å². The third-order valence-corrected chi connectivity index (χ3v) is 3.71. The van der Waals surface area contributed by atoms with Gasteiger partial charge in [0.25, 0.3) is 0 Å². The molecule has 0 saturated heterocycles. The molecular formula is C19H20N2O. The number of rotatable bonds is 5. The molecule has 0 unspecified atom stereocenters. The standard InChI is InChI=1S/C19H20N2O/c1-3-22-19-18(14-16-10-6-4-7-11-16)15(2)21(20-19)17-12-8-5-9-13-17/h4-13H,3,14H2,1-2H3. The molecule has 112 valence electrons. The molecule has 2 aromatic carbocycles. The lowest BCUT2D eigenvalue weighted by Gasteiger charge is -2.05. The number of para-hydroxylation sites is 1. The van der Waals surface area contributed by atoms with Gasteiger partial charge in [0.2, 0.25) is 5.88 Å². The van der Waals surface area contributed by atoms with Gasteiger partial charge in [0.05, 0.1) is 12.3 Å². The van der Waals surface area contributed by atoms with Crippen molar-refractivity contribution in [2.45, 2.75) is 20.3 Å². The highest BCUT2D eigenvalue weighted by Gasteiger charge is 2.17. The molecule has 0 aliphatic rings. The SMILES string of the molecule is CCOc1nn(-c2ccccc2)c(C)c1Cc1ccccc1. The average molecular weight is 292 g/mol. The van der Waals surface area contributed by atoms with Crippen LogP contribution in [0.3, 0.4) is 0 Å². The molecule has 3 rings (SSSR count). The van der Waals surface area contributed by atoms with Crippen LogP contribution in [0.25, 0.3) is 5.69 Å². The van der Waals surface area contributed by atoms with Crippen LogP contribution in [-0.4, -0.2) is 16.4 Å².